The summed E-state index contributed by atoms with van der Waals surface area (Å²) in [6, 6.07) is 1.23. The molecule has 0 radical (unpaired) electrons. The van der Waals surface area contributed by atoms with Gasteiger partial charge in [-0.2, -0.15) is 5.10 Å². The van der Waals surface area contributed by atoms with Gasteiger partial charge in [-0.15, -0.1) is 0 Å². The molecule has 0 aliphatic carbocycles. The molecule has 0 saturated heterocycles. The van der Waals surface area contributed by atoms with Crippen LogP contribution in [0.5, 0.6) is 0 Å². The number of aromatic nitrogens is 2. The summed E-state index contributed by atoms with van der Waals surface area (Å²) in [6.45, 7) is -0.485. The van der Waals surface area contributed by atoms with Gasteiger partial charge >= 0.3 is 12.0 Å². The summed E-state index contributed by atoms with van der Waals surface area (Å²) >= 11 is 0. The number of urea groups is 1. The molecule has 3 amide bonds. The van der Waals surface area contributed by atoms with Gasteiger partial charge in [-0.25, -0.2) is 4.79 Å². The third-order valence-corrected chi connectivity index (χ3v) is 2.20. The Hall–Kier alpha value is -2.58. The van der Waals surface area contributed by atoms with E-state index in [1.165, 1.54) is 0 Å². The molecule has 0 spiro atoms. The third kappa shape index (κ3) is 5.52. The number of hydrogen-bond acceptors (Lipinski definition) is 4. The Morgan fingerprint density at radius 3 is 2.58 bits per heavy atom. The molecule has 1 aromatic heterocycles. The number of aryl methyl sites for hydroxylation is 1. The first kappa shape index (κ1) is 14.5. The van der Waals surface area contributed by atoms with E-state index in [4.69, 9.17) is 5.11 Å². The maximum atomic E-state index is 11.3. The van der Waals surface area contributed by atoms with Crippen molar-refractivity contribution < 1.29 is 19.5 Å². The molecule has 4 N–H and O–H groups in total. The van der Waals surface area contributed by atoms with Gasteiger partial charge in [-0.05, 0) is 6.07 Å². The molecule has 0 aliphatic heterocycles. The number of carbonyl (C=O) groups is 3. The number of nitrogens with zero attached hydrogens (tertiary/aromatic N) is 2. The van der Waals surface area contributed by atoms with Crippen LogP contribution in [-0.2, 0) is 23.2 Å². The topological polar surface area (TPSA) is 125 Å². The van der Waals surface area contributed by atoms with Crippen LogP contribution in [0.1, 0.15) is 5.69 Å². The summed E-state index contributed by atoms with van der Waals surface area (Å²) in [6.07, 6.45) is 1.61. The summed E-state index contributed by atoms with van der Waals surface area (Å²) in [4.78, 5) is 32.6. The number of amides is 3. The minimum Gasteiger partial charge on any atom is -0.480 e. The van der Waals surface area contributed by atoms with Gasteiger partial charge in [0, 0.05) is 13.2 Å². The van der Waals surface area contributed by atoms with Gasteiger partial charge in [0.15, 0.2) is 0 Å². The molecule has 0 fully saturated rings. The summed E-state index contributed by atoms with van der Waals surface area (Å²) in [7, 11) is 1.74. The van der Waals surface area contributed by atoms with Gasteiger partial charge in [0.2, 0.25) is 5.91 Å². The molecule has 0 aliphatic rings. The Morgan fingerprint density at radius 1 is 1.26 bits per heavy atom. The quantitative estimate of drug-likeness (QED) is 0.496. The second-order valence-electron chi connectivity index (χ2n) is 3.65. The molecule has 1 rings (SSSR count). The lowest BCUT2D eigenvalue weighted by atomic mass is 10.4. The fourth-order valence-corrected chi connectivity index (χ4v) is 1.21. The van der Waals surface area contributed by atoms with Crippen molar-refractivity contribution in [1.29, 1.82) is 0 Å². The third-order valence-electron chi connectivity index (χ3n) is 2.20. The average Bonchev–Trinajstić information content (AvgIpc) is 2.77. The second-order valence-corrected chi connectivity index (χ2v) is 3.65. The molecule has 1 aromatic rings. The number of hydrogen-bond donors (Lipinski definition) is 4. The lowest BCUT2D eigenvalue weighted by molar-refractivity contribution is -0.137. The Balaban J connectivity index is 2.19. The number of nitrogens with one attached hydrogen (secondary N) is 3. The van der Waals surface area contributed by atoms with Crippen molar-refractivity contribution >= 4 is 17.9 Å². The molecule has 9 nitrogen and oxygen atoms in total. The van der Waals surface area contributed by atoms with E-state index in [1.807, 2.05) is 0 Å². The zero-order valence-corrected chi connectivity index (χ0v) is 10.3. The zero-order valence-electron chi connectivity index (χ0n) is 10.3. The van der Waals surface area contributed by atoms with E-state index in [9.17, 15) is 14.4 Å². The lowest BCUT2D eigenvalue weighted by Crippen LogP contribution is -2.43. The molecule has 0 aromatic carbocycles. The first-order valence-electron chi connectivity index (χ1n) is 5.46. The average molecular weight is 269 g/mol. The summed E-state index contributed by atoms with van der Waals surface area (Å²) in [5, 5.41) is 19.2. The smallest absolute Gasteiger partial charge is 0.322 e. The number of carboxylic acids is 1. The molecule has 0 unspecified atom stereocenters. The van der Waals surface area contributed by atoms with Crippen LogP contribution in [0.15, 0.2) is 12.3 Å². The molecule has 0 bridgehead atoms. The van der Waals surface area contributed by atoms with E-state index in [0.717, 1.165) is 5.69 Å². The molecule has 0 saturated carbocycles. The van der Waals surface area contributed by atoms with Gasteiger partial charge < -0.3 is 21.1 Å². The zero-order chi connectivity index (χ0) is 14.3. The number of carboxylic acid groups (broad SMARTS) is 1. The molecule has 104 valence electrons. The molecular formula is C10H15N5O4. The van der Waals surface area contributed by atoms with Gasteiger partial charge in [-0.3, -0.25) is 14.3 Å². The molecule has 1 heterocycles. The largest absolute Gasteiger partial charge is 0.480 e. The van der Waals surface area contributed by atoms with Crippen molar-refractivity contribution in [2.24, 2.45) is 7.05 Å². The van der Waals surface area contributed by atoms with Crippen molar-refractivity contribution in [3.05, 3.63) is 18.0 Å². The van der Waals surface area contributed by atoms with Crippen LogP contribution in [0.25, 0.3) is 0 Å². The molecule has 19 heavy (non-hydrogen) atoms. The number of carbonyl (C=O) groups excluding carboxylic acids is 2. The highest BCUT2D eigenvalue weighted by Gasteiger charge is 2.07. The van der Waals surface area contributed by atoms with Crippen molar-refractivity contribution in [3.8, 4) is 0 Å². The first-order valence-corrected chi connectivity index (χ1v) is 5.46. The van der Waals surface area contributed by atoms with Crippen LogP contribution in [0, 0.1) is 0 Å². The highest BCUT2D eigenvalue weighted by molar-refractivity contribution is 5.86. The van der Waals surface area contributed by atoms with E-state index in [1.54, 1.807) is 24.0 Å². The van der Waals surface area contributed by atoms with Gasteiger partial charge in [-0.1, -0.05) is 0 Å². The van der Waals surface area contributed by atoms with Gasteiger partial charge in [0.05, 0.1) is 18.8 Å². The normalized spacial score (nSPS) is 9.74. The minimum atomic E-state index is -1.14. The van der Waals surface area contributed by atoms with Crippen LogP contribution >= 0.6 is 0 Å². The number of rotatable bonds is 6. The highest BCUT2D eigenvalue weighted by Crippen LogP contribution is 1.94. The maximum absolute atomic E-state index is 11.3. The van der Waals surface area contributed by atoms with Crippen LogP contribution in [0.4, 0.5) is 4.79 Å². The predicted octanol–water partition coefficient (Wildman–Crippen LogP) is -1.58. The van der Waals surface area contributed by atoms with E-state index < -0.39 is 24.5 Å². The molecule has 9 heteroatoms. The molecule has 0 atom stereocenters. The van der Waals surface area contributed by atoms with Crippen molar-refractivity contribution in [2.45, 2.75) is 6.54 Å². The fraction of sp³-hybridized carbons (Fsp3) is 0.400. The van der Waals surface area contributed by atoms with Crippen LogP contribution in [0.2, 0.25) is 0 Å². The van der Waals surface area contributed by atoms with Gasteiger partial charge in [0.25, 0.3) is 0 Å². The Labute approximate surface area is 109 Å². The summed E-state index contributed by atoms with van der Waals surface area (Å²) < 4.78 is 1.61. The van der Waals surface area contributed by atoms with Crippen LogP contribution < -0.4 is 16.0 Å². The molecular weight excluding hydrogens is 254 g/mol. The number of aliphatic carboxylic acids is 1. The van der Waals surface area contributed by atoms with Crippen molar-refractivity contribution in [2.75, 3.05) is 13.1 Å². The second kappa shape index (κ2) is 6.99. The highest BCUT2D eigenvalue weighted by atomic mass is 16.4. The fourth-order valence-electron chi connectivity index (χ4n) is 1.21. The van der Waals surface area contributed by atoms with Crippen LogP contribution in [0.3, 0.4) is 0 Å². The van der Waals surface area contributed by atoms with Crippen LogP contribution in [-0.4, -0.2) is 45.9 Å². The SMILES string of the molecule is Cn1nccc1CNC(=O)NCC(=O)NCC(=O)O. The van der Waals surface area contributed by atoms with E-state index in [2.05, 4.69) is 21.0 Å². The first-order chi connectivity index (χ1) is 8.99. The minimum absolute atomic E-state index is 0.277. The van der Waals surface area contributed by atoms with Crippen molar-refractivity contribution in [3.63, 3.8) is 0 Å². The van der Waals surface area contributed by atoms with E-state index >= 15 is 0 Å². The standard InChI is InChI=1S/C10H15N5O4/c1-15-7(2-3-14-15)4-12-10(19)13-5-8(16)11-6-9(17)18/h2-3H,4-6H2,1H3,(H,11,16)(H,17,18)(H2,12,13,19). The van der Waals surface area contributed by atoms with Crippen molar-refractivity contribution in [1.82, 2.24) is 25.7 Å². The van der Waals surface area contributed by atoms with Gasteiger partial charge in [0.1, 0.15) is 6.54 Å². The predicted molar refractivity (Wildman–Crippen MR) is 64.1 cm³/mol. The van der Waals surface area contributed by atoms with E-state index in [-0.39, 0.29) is 13.1 Å². The van der Waals surface area contributed by atoms with E-state index in [0.29, 0.717) is 0 Å². The summed E-state index contributed by atoms with van der Waals surface area (Å²) in [5.74, 6) is -1.72. The Bertz CT molecular complexity index is 470. The Morgan fingerprint density at radius 2 is 2.00 bits per heavy atom. The monoisotopic (exact) mass is 269 g/mol. The maximum Gasteiger partial charge on any atom is 0.322 e. The Kier molecular flexibility index (Phi) is 5.33. The summed E-state index contributed by atoms with van der Waals surface area (Å²) in [5.41, 5.74) is 0.811. The lowest BCUT2D eigenvalue weighted by Gasteiger charge is -2.07.